The molecule has 3 atom stereocenters. The normalized spacial score (nSPS) is 50.1. The van der Waals surface area contributed by atoms with E-state index in [1.807, 2.05) is 0 Å². The van der Waals surface area contributed by atoms with Gasteiger partial charge in [0, 0.05) is 0 Å². The van der Waals surface area contributed by atoms with Gasteiger partial charge in [0.2, 0.25) is 0 Å². The maximum Gasteiger partial charge on any atom is -0.0297 e. The first kappa shape index (κ1) is 6.69. The number of rotatable bonds is 0. The fourth-order valence-corrected chi connectivity index (χ4v) is 3.13. The number of fused-ring (bicyclic) bond motifs is 2. The van der Waals surface area contributed by atoms with Gasteiger partial charge in [-0.2, -0.15) is 0 Å². The first-order chi connectivity index (χ1) is 4.62. The smallest absolute Gasteiger partial charge is 0.0297 e. The molecule has 0 heteroatoms. The van der Waals surface area contributed by atoms with Gasteiger partial charge in [-0.05, 0) is 42.4 Å². The Morgan fingerprint density at radius 3 is 2.20 bits per heavy atom. The Bertz CT molecular complexity index is 142. The molecule has 0 saturated heterocycles. The minimum Gasteiger partial charge on any atom is -0.0617 e. The van der Waals surface area contributed by atoms with Crippen molar-refractivity contribution in [3.63, 3.8) is 0 Å². The second-order valence-electron chi connectivity index (χ2n) is 4.88. The van der Waals surface area contributed by atoms with Crippen molar-refractivity contribution >= 4 is 0 Å². The van der Waals surface area contributed by atoms with Crippen LogP contribution in [0.15, 0.2) is 0 Å². The Labute approximate surface area is 64.0 Å². The molecule has 0 aliphatic heterocycles. The molecule has 58 valence electrons. The lowest BCUT2D eigenvalue weighted by atomic mass is 9.70. The van der Waals surface area contributed by atoms with E-state index in [9.17, 15) is 0 Å². The van der Waals surface area contributed by atoms with Crippen LogP contribution >= 0.6 is 0 Å². The molecule has 2 saturated carbocycles. The summed E-state index contributed by atoms with van der Waals surface area (Å²) in [5.41, 5.74) is 0.670. The molecule has 0 spiro atoms. The summed E-state index contributed by atoms with van der Waals surface area (Å²) in [6.07, 6.45) is 4.57. The van der Waals surface area contributed by atoms with Crippen LogP contribution in [0.1, 0.15) is 40.0 Å². The molecular weight excluding hydrogens is 120 g/mol. The van der Waals surface area contributed by atoms with Gasteiger partial charge in [0.1, 0.15) is 0 Å². The van der Waals surface area contributed by atoms with Crippen molar-refractivity contribution < 1.29 is 0 Å². The molecule has 0 radical (unpaired) electrons. The third kappa shape index (κ3) is 0.627. The van der Waals surface area contributed by atoms with E-state index in [0.29, 0.717) is 5.41 Å². The van der Waals surface area contributed by atoms with Crippen molar-refractivity contribution in [3.05, 3.63) is 0 Å². The van der Waals surface area contributed by atoms with E-state index in [-0.39, 0.29) is 0 Å². The van der Waals surface area contributed by atoms with Crippen LogP contribution in [0.3, 0.4) is 0 Å². The van der Waals surface area contributed by atoms with E-state index in [4.69, 9.17) is 0 Å². The van der Waals surface area contributed by atoms with Crippen molar-refractivity contribution in [3.8, 4) is 0 Å². The molecule has 2 aliphatic rings. The molecule has 2 fully saturated rings. The first-order valence-electron chi connectivity index (χ1n) is 4.62. The zero-order valence-corrected chi connectivity index (χ0v) is 7.35. The third-order valence-corrected chi connectivity index (χ3v) is 4.41. The van der Waals surface area contributed by atoms with Crippen LogP contribution in [0.25, 0.3) is 0 Å². The lowest BCUT2D eigenvalue weighted by molar-refractivity contribution is 0.137. The molecular formula is C10H18. The quantitative estimate of drug-likeness (QED) is 0.482. The lowest BCUT2D eigenvalue weighted by Gasteiger charge is -2.35. The molecule has 10 heavy (non-hydrogen) atoms. The van der Waals surface area contributed by atoms with Gasteiger partial charge in [0.05, 0.1) is 0 Å². The highest BCUT2D eigenvalue weighted by molar-refractivity contribution is 4.99. The zero-order valence-electron chi connectivity index (χ0n) is 7.35. The van der Waals surface area contributed by atoms with Crippen LogP contribution < -0.4 is 0 Å². The summed E-state index contributed by atoms with van der Waals surface area (Å²) in [4.78, 5) is 0. The van der Waals surface area contributed by atoms with Gasteiger partial charge < -0.3 is 0 Å². The van der Waals surface area contributed by atoms with Crippen LogP contribution in [-0.2, 0) is 0 Å². The summed E-state index contributed by atoms with van der Waals surface area (Å²) in [6.45, 7) is 7.37. The predicted octanol–water partition coefficient (Wildman–Crippen LogP) is 3.08. The second kappa shape index (κ2) is 1.78. The average Bonchev–Trinajstić information content (AvgIpc) is 2.37. The van der Waals surface area contributed by atoms with Crippen LogP contribution in [0, 0.1) is 23.2 Å². The highest BCUT2D eigenvalue weighted by Crippen LogP contribution is 2.58. The summed E-state index contributed by atoms with van der Waals surface area (Å²) in [7, 11) is 0. The monoisotopic (exact) mass is 138 g/mol. The summed E-state index contributed by atoms with van der Waals surface area (Å²) < 4.78 is 0. The molecule has 2 rings (SSSR count). The summed E-state index contributed by atoms with van der Waals surface area (Å²) in [6, 6.07) is 0. The van der Waals surface area contributed by atoms with Gasteiger partial charge in [-0.25, -0.2) is 0 Å². The summed E-state index contributed by atoms with van der Waals surface area (Å²) in [5, 5.41) is 0. The van der Waals surface area contributed by atoms with Crippen LogP contribution in [0.2, 0.25) is 0 Å². The SMILES string of the molecule is C[C@H]1[C@@H]2CC[C@@H](C2)C1(C)C. The van der Waals surface area contributed by atoms with Gasteiger partial charge in [0.15, 0.2) is 0 Å². The highest BCUT2D eigenvalue weighted by Gasteiger charge is 2.50. The fraction of sp³-hybridized carbons (Fsp3) is 1.00. The molecule has 2 bridgehead atoms. The van der Waals surface area contributed by atoms with E-state index in [1.54, 1.807) is 0 Å². The standard InChI is InChI=1S/C10H18/c1-7-8-4-5-9(6-8)10(7,2)3/h7-9H,4-6H2,1-3H3/t7-,8+,9-/m0/s1. The molecule has 0 aromatic carbocycles. The van der Waals surface area contributed by atoms with E-state index in [0.717, 1.165) is 17.8 Å². The minimum absolute atomic E-state index is 0.670. The minimum atomic E-state index is 0.670. The molecule has 0 amide bonds. The number of hydrogen-bond donors (Lipinski definition) is 0. The summed E-state index contributed by atoms with van der Waals surface area (Å²) >= 11 is 0. The molecule has 2 aliphatic carbocycles. The maximum atomic E-state index is 2.46. The van der Waals surface area contributed by atoms with Gasteiger partial charge in [-0.1, -0.05) is 20.8 Å². The Balaban J connectivity index is 2.25. The number of hydrogen-bond acceptors (Lipinski definition) is 0. The zero-order chi connectivity index (χ0) is 7.35. The predicted molar refractivity (Wildman–Crippen MR) is 43.8 cm³/mol. The molecule has 0 aromatic heterocycles. The Kier molecular flexibility index (Phi) is 1.19. The topological polar surface area (TPSA) is 0 Å². The second-order valence-corrected chi connectivity index (χ2v) is 4.88. The third-order valence-electron chi connectivity index (χ3n) is 4.41. The van der Waals surface area contributed by atoms with E-state index >= 15 is 0 Å². The largest absolute Gasteiger partial charge is 0.0617 e. The maximum absolute atomic E-state index is 2.46. The van der Waals surface area contributed by atoms with Crippen molar-refractivity contribution in [1.82, 2.24) is 0 Å². The Hall–Kier alpha value is 0. The van der Waals surface area contributed by atoms with Crippen molar-refractivity contribution in [2.75, 3.05) is 0 Å². The van der Waals surface area contributed by atoms with Crippen molar-refractivity contribution in [2.45, 2.75) is 40.0 Å². The Morgan fingerprint density at radius 2 is 1.90 bits per heavy atom. The highest BCUT2D eigenvalue weighted by atomic mass is 14.5. The molecule has 0 nitrogen and oxygen atoms in total. The van der Waals surface area contributed by atoms with Gasteiger partial charge in [0.25, 0.3) is 0 Å². The molecule has 0 unspecified atom stereocenters. The van der Waals surface area contributed by atoms with Crippen molar-refractivity contribution in [1.29, 1.82) is 0 Å². The van der Waals surface area contributed by atoms with E-state index in [2.05, 4.69) is 20.8 Å². The van der Waals surface area contributed by atoms with Crippen LogP contribution in [0.5, 0.6) is 0 Å². The van der Waals surface area contributed by atoms with Crippen molar-refractivity contribution in [2.24, 2.45) is 23.2 Å². The summed E-state index contributed by atoms with van der Waals surface area (Å²) in [5.74, 6) is 3.14. The van der Waals surface area contributed by atoms with Gasteiger partial charge in [-0.3, -0.25) is 0 Å². The first-order valence-corrected chi connectivity index (χ1v) is 4.62. The average molecular weight is 138 g/mol. The lowest BCUT2D eigenvalue weighted by Crippen LogP contribution is -2.28. The van der Waals surface area contributed by atoms with Crippen LogP contribution in [-0.4, -0.2) is 0 Å². The Morgan fingerprint density at radius 1 is 1.20 bits per heavy atom. The molecule has 0 aromatic rings. The molecule has 0 N–H and O–H groups in total. The van der Waals surface area contributed by atoms with Gasteiger partial charge in [-0.15, -0.1) is 0 Å². The van der Waals surface area contributed by atoms with E-state index in [1.165, 1.54) is 19.3 Å². The molecule has 0 heterocycles. The fourth-order valence-electron chi connectivity index (χ4n) is 3.13. The van der Waals surface area contributed by atoms with Gasteiger partial charge >= 0.3 is 0 Å². The van der Waals surface area contributed by atoms with Crippen LogP contribution in [0.4, 0.5) is 0 Å². The van der Waals surface area contributed by atoms with E-state index < -0.39 is 0 Å².